The highest BCUT2D eigenvalue weighted by Gasteiger charge is 2.21. The lowest BCUT2D eigenvalue weighted by molar-refractivity contribution is 0.569. The lowest BCUT2D eigenvalue weighted by atomic mass is 10.2. The van der Waals surface area contributed by atoms with Crippen LogP contribution < -0.4 is 10.0 Å². The Bertz CT molecular complexity index is 660. The van der Waals surface area contributed by atoms with Gasteiger partial charge in [-0.3, -0.25) is 0 Å². The highest BCUT2D eigenvalue weighted by Crippen LogP contribution is 2.27. The number of rotatable bonds is 6. The summed E-state index contributed by atoms with van der Waals surface area (Å²) in [5.74, 6) is 0. The van der Waals surface area contributed by atoms with Gasteiger partial charge in [0.25, 0.3) is 10.0 Å². The summed E-state index contributed by atoms with van der Waals surface area (Å²) in [6.07, 6.45) is 0. The Morgan fingerprint density at radius 1 is 1.40 bits per heavy atom. The van der Waals surface area contributed by atoms with Crippen LogP contribution in [0, 0.1) is 6.92 Å². The van der Waals surface area contributed by atoms with Crippen LogP contribution in [-0.2, 0) is 16.6 Å². The van der Waals surface area contributed by atoms with Gasteiger partial charge in [-0.2, -0.15) is 11.3 Å². The standard InChI is InChI=1S/C13H18N2O2S3/c1-9-6-13(19-12(9)7-14-3)20(16,17)15-10(2)11-4-5-18-8-11/h4-6,8,10,14-15H,7H2,1-3H3. The highest BCUT2D eigenvalue weighted by molar-refractivity contribution is 7.91. The Morgan fingerprint density at radius 2 is 2.15 bits per heavy atom. The third kappa shape index (κ3) is 3.48. The van der Waals surface area contributed by atoms with Crippen molar-refractivity contribution in [2.75, 3.05) is 7.05 Å². The van der Waals surface area contributed by atoms with Gasteiger partial charge in [0.05, 0.1) is 0 Å². The van der Waals surface area contributed by atoms with Gasteiger partial charge in [-0.1, -0.05) is 0 Å². The number of thiophene rings is 2. The molecule has 0 fully saturated rings. The van der Waals surface area contributed by atoms with Crippen molar-refractivity contribution in [2.45, 2.75) is 30.6 Å². The third-order valence-electron chi connectivity index (χ3n) is 2.98. The van der Waals surface area contributed by atoms with Gasteiger partial charge in [0, 0.05) is 17.5 Å². The quantitative estimate of drug-likeness (QED) is 0.856. The van der Waals surface area contributed by atoms with E-state index in [-0.39, 0.29) is 6.04 Å². The van der Waals surface area contributed by atoms with Crippen LogP contribution in [0.5, 0.6) is 0 Å². The van der Waals surface area contributed by atoms with Gasteiger partial charge in [0.2, 0.25) is 0 Å². The first-order chi connectivity index (χ1) is 9.44. The Kier molecular flexibility index (Phi) is 4.98. The first kappa shape index (κ1) is 15.7. The molecular weight excluding hydrogens is 312 g/mol. The third-order valence-corrected chi connectivity index (χ3v) is 6.93. The van der Waals surface area contributed by atoms with Gasteiger partial charge >= 0.3 is 0 Å². The number of nitrogens with one attached hydrogen (secondary N) is 2. The summed E-state index contributed by atoms with van der Waals surface area (Å²) in [6, 6.07) is 3.45. The van der Waals surface area contributed by atoms with Crippen LogP contribution in [0.1, 0.15) is 29.0 Å². The maximum Gasteiger partial charge on any atom is 0.250 e. The van der Waals surface area contributed by atoms with E-state index in [1.807, 2.05) is 37.7 Å². The summed E-state index contributed by atoms with van der Waals surface area (Å²) >= 11 is 2.88. The van der Waals surface area contributed by atoms with E-state index < -0.39 is 10.0 Å². The van der Waals surface area contributed by atoms with E-state index in [1.165, 1.54) is 11.3 Å². The number of hydrogen-bond acceptors (Lipinski definition) is 5. The van der Waals surface area contributed by atoms with Crippen LogP contribution in [0.25, 0.3) is 0 Å². The normalized spacial score (nSPS) is 13.6. The van der Waals surface area contributed by atoms with Crippen LogP contribution >= 0.6 is 22.7 Å². The van der Waals surface area contributed by atoms with Crippen molar-refractivity contribution in [3.8, 4) is 0 Å². The van der Waals surface area contributed by atoms with E-state index >= 15 is 0 Å². The van der Waals surface area contributed by atoms with Crippen LogP contribution in [0.15, 0.2) is 27.1 Å². The molecule has 2 aromatic rings. The van der Waals surface area contributed by atoms with Gasteiger partial charge in [-0.05, 0) is 54.9 Å². The Hall–Kier alpha value is -0.730. The fourth-order valence-electron chi connectivity index (χ4n) is 1.84. The molecule has 1 atom stereocenters. The summed E-state index contributed by atoms with van der Waals surface area (Å²) in [6.45, 7) is 4.48. The molecule has 7 heteroatoms. The summed E-state index contributed by atoms with van der Waals surface area (Å²) < 4.78 is 27.9. The minimum Gasteiger partial charge on any atom is -0.315 e. The topological polar surface area (TPSA) is 58.2 Å². The minimum absolute atomic E-state index is 0.221. The molecule has 2 heterocycles. The molecule has 4 nitrogen and oxygen atoms in total. The Morgan fingerprint density at radius 3 is 2.75 bits per heavy atom. The highest BCUT2D eigenvalue weighted by atomic mass is 32.2. The summed E-state index contributed by atoms with van der Waals surface area (Å²) in [5, 5.41) is 6.95. The molecular formula is C13H18N2O2S3. The van der Waals surface area contributed by atoms with Crippen molar-refractivity contribution >= 4 is 32.7 Å². The molecule has 0 aliphatic heterocycles. The molecule has 0 bridgehead atoms. The largest absolute Gasteiger partial charge is 0.315 e. The molecule has 0 spiro atoms. The predicted octanol–water partition coefficient (Wildman–Crippen LogP) is 2.88. The molecule has 0 saturated heterocycles. The fraction of sp³-hybridized carbons (Fsp3) is 0.385. The van der Waals surface area contributed by atoms with E-state index in [4.69, 9.17) is 0 Å². The van der Waals surface area contributed by atoms with Crippen molar-refractivity contribution in [3.63, 3.8) is 0 Å². The van der Waals surface area contributed by atoms with E-state index in [2.05, 4.69) is 10.0 Å². The lowest BCUT2D eigenvalue weighted by Gasteiger charge is -2.11. The molecule has 2 aromatic heterocycles. The summed E-state index contributed by atoms with van der Waals surface area (Å²) in [7, 11) is -1.61. The van der Waals surface area contributed by atoms with Crippen LogP contribution in [0.2, 0.25) is 0 Å². The molecule has 0 aliphatic rings. The van der Waals surface area contributed by atoms with Crippen LogP contribution in [0.4, 0.5) is 0 Å². The minimum atomic E-state index is -3.46. The molecule has 110 valence electrons. The van der Waals surface area contributed by atoms with Crippen molar-refractivity contribution in [1.82, 2.24) is 10.0 Å². The van der Waals surface area contributed by atoms with Gasteiger partial charge in [0.1, 0.15) is 4.21 Å². The molecule has 0 aliphatic carbocycles. The maximum atomic E-state index is 12.4. The average molecular weight is 331 g/mol. The molecule has 0 radical (unpaired) electrons. The fourth-order valence-corrected chi connectivity index (χ4v) is 5.44. The zero-order valence-electron chi connectivity index (χ0n) is 11.6. The molecule has 0 aromatic carbocycles. The van der Waals surface area contributed by atoms with E-state index in [1.54, 1.807) is 17.4 Å². The van der Waals surface area contributed by atoms with Crippen molar-refractivity contribution in [2.24, 2.45) is 0 Å². The number of sulfonamides is 1. The summed E-state index contributed by atoms with van der Waals surface area (Å²) in [5.41, 5.74) is 2.00. The van der Waals surface area contributed by atoms with Crippen molar-refractivity contribution in [1.29, 1.82) is 0 Å². The van der Waals surface area contributed by atoms with Gasteiger partial charge in [-0.15, -0.1) is 11.3 Å². The second-order valence-corrected chi connectivity index (χ2v) is 8.46. The number of aryl methyl sites for hydroxylation is 1. The molecule has 0 saturated carbocycles. The van der Waals surface area contributed by atoms with E-state index in [0.29, 0.717) is 10.8 Å². The van der Waals surface area contributed by atoms with Gasteiger partial charge in [0.15, 0.2) is 0 Å². The molecule has 1 unspecified atom stereocenters. The first-order valence-corrected chi connectivity index (χ1v) is 9.46. The van der Waals surface area contributed by atoms with Crippen molar-refractivity contribution < 1.29 is 8.42 Å². The Labute approximate surface area is 127 Å². The SMILES string of the molecule is CNCc1sc(S(=O)(=O)NC(C)c2ccsc2)cc1C. The zero-order valence-corrected chi connectivity index (χ0v) is 14.1. The second kappa shape index (κ2) is 6.36. The van der Waals surface area contributed by atoms with E-state index in [9.17, 15) is 8.42 Å². The lowest BCUT2D eigenvalue weighted by Crippen LogP contribution is -2.25. The predicted molar refractivity (Wildman–Crippen MR) is 84.9 cm³/mol. The van der Waals surface area contributed by atoms with Crippen molar-refractivity contribution in [3.05, 3.63) is 38.9 Å². The molecule has 2 rings (SSSR count). The first-order valence-electron chi connectivity index (χ1n) is 6.22. The molecule has 20 heavy (non-hydrogen) atoms. The van der Waals surface area contributed by atoms with E-state index in [0.717, 1.165) is 16.0 Å². The Balaban J connectivity index is 2.20. The van der Waals surface area contributed by atoms with Gasteiger partial charge < -0.3 is 5.32 Å². The average Bonchev–Trinajstić information content (AvgIpc) is 3.00. The monoisotopic (exact) mass is 330 g/mol. The summed E-state index contributed by atoms with van der Waals surface area (Å²) in [4.78, 5) is 1.05. The van der Waals surface area contributed by atoms with Crippen LogP contribution in [-0.4, -0.2) is 15.5 Å². The molecule has 2 N–H and O–H groups in total. The van der Waals surface area contributed by atoms with Gasteiger partial charge in [-0.25, -0.2) is 13.1 Å². The smallest absolute Gasteiger partial charge is 0.250 e. The molecule has 0 amide bonds. The number of hydrogen-bond donors (Lipinski definition) is 2. The van der Waals surface area contributed by atoms with Crippen LogP contribution in [0.3, 0.4) is 0 Å². The second-order valence-electron chi connectivity index (χ2n) is 4.60. The zero-order chi connectivity index (χ0) is 14.8. The maximum absolute atomic E-state index is 12.4.